The molecule has 0 spiro atoms. The summed E-state index contributed by atoms with van der Waals surface area (Å²) in [6.45, 7) is 1.70. The first-order valence-corrected chi connectivity index (χ1v) is 8.70. The highest BCUT2D eigenvalue weighted by Crippen LogP contribution is 2.34. The largest absolute Gasteiger partial charge is 0.495 e. The number of methoxy groups -OCH3 is 1. The van der Waals surface area contributed by atoms with E-state index in [0.29, 0.717) is 20.7 Å². The maximum absolute atomic E-state index is 12.4. The second-order valence-corrected chi connectivity index (χ2v) is 7.19. The lowest BCUT2D eigenvalue weighted by atomic mass is 10.2. The summed E-state index contributed by atoms with van der Waals surface area (Å²) in [6.07, 6.45) is 0. The Balaban J connectivity index is 2.17. The summed E-state index contributed by atoms with van der Waals surface area (Å²) < 4.78 is 5.13. The molecule has 2 aromatic rings. The van der Waals surface area contributed by atoms with Gasteiger partial charge in [-0.25, -0.2) is 0 Å². The van der Waals surface area contributed by atoms with E-state index in [2.05, 4.69) is 5.32 Å². The molecule has 6 nitrogen and oxygen atoms in total. The van der Waals surface area contributed by atoms with Crippen LogP contribution in [0.1, 0.15) is 6.92 Å². The Morgan fingerprint density at radius 1 is 1.28 bits per heavy atom. The molecule has 2 rings (SSSR count). The van der Waals surface area contributed by atoms with Gasteiger partial charge in [-0.1, -0.05) is 23.2 Å². The normalized spacial score (nSPS) is 11.7. The molecule has 0 radical (unpaired) electrons. The molecule has 0 aliphatic heterocycles. The van der Waals surface area contributed by atoms with Crippen LogP contribution in [0.5, 0.6) is 5.75 Å². The zero-order valence-corrected chi connectivity index (χ0v) is 15.6. The molecule has 1 atom stereocenters. The van der Waals surface area contributed by atoms with E-state index in [4.69, 9.17) is 27.9 Å². The lowest BCUT2D eigenvalue weighted by Crippen LogP contribution is -2.22. The molecule has 0 aromatic heterocycles. The monoisotopic (exact) mass is 400 g/mol. The number of carbonyl (C=O) groups excluding carboxylic acids is 1. The Kier molecular flexibility index (Phi) is 6.52. The molecule has 1 N–H and O–H groups in total. The Bertz CT molecular complexity index is 817. The first kappa shape index (κ1) is 19.4. The van der Waals surface area contributed by atoms with Crippen molar-refractivity contribution in [2.75, 3.05) is 12.4 Å². The van der Waals surface area contributed by atoms with Gasteiger partial charge in [0.2, 0.25) is 5.91 Å². The van der Waals surface area contributed by atoms with Crippen LogP contribution in [0, 0.1) is 10.1 Å². The molecule has 0 saturated carbocycles. The second-order valence-electron chi connectivity index (χ2n) is 4.97. The van der Waals surface area contributed by atoms with E-state index in [1.54, 1.807) is 25.1 Å². The summed E-state index contributed by atoms with van der Waals surface area (Å²) in [5, 5.41) is 14.0. The average molecular weight is 401 g/mol. The summed E-state index contributed by atoms with van der Waals surface area (Å²) >= 11 is 13.3. The number of halogens is 2. The maximum atomic E-state index is 12.4. The van der Waals surface area contributed by atoms with Gasteiger partial charge in [-0.2, -0.15) is 0 Å². The molecule has 25 heavy (non-hydrogen) atoms. The van der Waals surface area contributed by atoms with Crippen molar-refractivity contribution in [1.29, 1.82) is 0 Å². The summed E-state index contributed by atoms with van der Waals surface area (Å²) in [4.78, 5) is 23.5. The van der Waals surface area contributed by atoms with Crippen molar-refractivity contribution >= 4 is 52.2 Å². The van der Waals surface area contributed by atoms with Crippen LogP contribution >= 0.6 is 35.0 Å². The predicted molar refractivity (Wildman–Crippen MR) is 100 cm³/mol. The highest BCUT2D eigenvalue weighted by molar-refractivity contribution is 8.00. The van der Waals surface area contributed by atoms with Crippen LogP contribution < -0.4 is 10.1 Å². The Hall–Kier alpha value is -1.96. The highest BCUT2D eigenvalue weighted by Gasteiger charge is 2.19. The minimum absolute atomic E-state index is 0.144. The quantitative estimate of drug-likeness (QED) is 0.417. The molecule has 0 heterocycles. The van der Waals surface area contributed by atoms with Crippen molar-refractivity contribution in [2.24, 2.45) is 0 Å². The van der Waals surface area contributed by atoms with Gasteiger partial charge >= 0.3 is 0 Å². The molecular weight excluding hydrogens is 387 g/mol. The second kappa shape index (κ2) is 8.42. The molecule has 0 saturated heterocycles. The number of carbonyl (C=O) groups is 1. The standard InChI is InChI=1S/C16H14Cl2N2O4S/c1-9(25-15-7-10(17)3-5-12(15)18)16(21)19-13-8-11(20(22)23)4-6-14(13)24-2/h3-9H,1-2H3,(H,19,21). The minimum Gasteiger partial charge on any atom is -0.495 e. The van der Waals surface area contributed by atoms with Crippen LogP contribution in [0.3, 0.4) is 0 Å². The smallest absolute Gasteiger partial charge is 0.271 e. The molecule has 132 valence electrons. The van der Waals surface area contributed by atoms with Crippen LogP contribution in [-0.4, -0.2) is 23.2 Å². The number of thioether (sulfide) groups is 1. The minimum atomic E-state index is -0.543. The van der Waals surface area contributed by atoms with Gasteiger partial charge in [0, 0.05) is 22.1 Å². The average Bonchev–Trinajstić information content (AvgIpc) is 2.57. The van der Waals surface area contributed by atoms with Crippen molar-refractivity contribution in [3.05, 3.63) is 56.6 Å². The maximum Gasteiger partial charge on any atom is 0.271 e. The lowest BCUT2D eigenvalue weighted by molar-refractivity contribution is -0.384. The third-order valence-corrected chi connectivity index (χ3v) is 5.05. The Labute approximate surface area is 158 Å². The number of ether oxygens (including phenoxy) is 1. The molecule has 2 aromatic carbocycles. The number of hydrogen-bond acceptors (Lipinski definition) is 5. The third kappa shape index (κ3) is 5.01. The van der Waals surface area contributed by atoms with Gasteiger partial charge in [0.1, 0.15) is 5.75 Å². The number of benzene rings is 2. The molecule has 0 fully saturated rings. The van der Waals surface area contributed by atoms with E-state index >= 15 is 0 Å². The molecule has 0 aliphatic carbocycles. The summed E-state index contributed by atoms with van der Waals surface area (Å²) in [5.74, 6) is -0.0169. The van der Waals surface area contributed by atoms with Crippen LogP contribution in [0.25, 0.3) is 0 Å². The van der Waals surface area contributed by atoms with Gasteiger partial charge in [-0.05, 0) is 31.2 Å². The molecule has 0 bridgehead atoms. The van der Waals surface area contributed by atoms with E-state index in [9.17, 15) is 14.9 Å². The first-order valence-electron chi connectivity index (χ1n) is 7.07. The summed E-state index contributed by atoms with van der Waals surface area (Å²) in [7, 11) is 1.42. The number of rotatable bonds is 6. The predicted octanol–water partition coefficient (Wildman–Crippen LogP) is 5.03. The van der Waals surface area contributed by atoms with Gasteiger partial charge in [0.25, 0.3) is 5.69 Å². The number of non-ortho nitro benzene ring substituents is 1. The fourth-order valence-corrected chi connectivity index (χ4v) is 3.36. The van der Waals surface area contributed by atoms with Crippen molar-refractivity contribution < 1.29 is 14.5 Å². The fourth-order valence-electron chi connectivity index (χ4n) is 1.95. The van der Waals surface area contributed by atoms with Crippen LogP contribution in [0.15, 0.2) is 41.3 Å². The number of anilines is 1. The summed E-state index contributed by atoms with van der Waals surface area (Å²) in [6, 6.07) is 8.97. The zero-order chi connectivity index (χ0) is 18.6. The Morgan fingerprint density at radius 2 is 2.00 bits per heavy atom. The van der Waals surface area contributed by atoms with Gasteiger partial charge in [-0.3, -0.25) is 14.9 Å². The summed E-state index contributed by atoms with van der Waals surface area (Å²) in [5.41, 5.74) is 0.0839. The van der Waals surface area contributed by atoms with E-state index in [-0.39, 0.29) is 17.3 Å². The number of nitrogens with one attached hydrogen (secondary N) is 1. The zero-order valence-electron chi connectivity index (χ0n) is 13.3. The molecule has 0 aliphatic rings. The number of nitro groups is 1. The van der Waals surface area contributed by atoms with Crippen molar-refractivity contribution in [2.45, 2.75) is 17.1 Å². The molecule has 9 heteroatoms. The van der Waals surface area contributed by atoms with Gasteiger partial charge in [0.05, 0.1) is 28.0 Å². The molecule has 1 unspecified atom stereocenters. The van der Waals surface area contributed by atoms with Gasteiger partial charge < -0.3 is 10.1 Å². The molecular formula is C16H14Cl2N2O4S. The Morgan fingerprint density at radius 3 is 2.64 bits per heavy atom. The van der Waals surface area contributed by atoms with Gasteiger partial charge in [0.15, 0.2) is 0 Å². The van der Waals surface area contributed by atoms with Crippen LogP contribution in [0.4, 0.5) is 11.4 Å². The number of nitrogens with zero attached hydrogens (tertiary/aromatic N) is 1. The number of amides is 1. The van der Waals surface area contributed by atoms with Gasteiger partial charge in [-0.15, -0.1) is 11.8 Å². The SMILES string of the molecule is COc1ccc([N+](=O)[O-])cc1NC(=O)C(C)Sc1cc(Cl)ccc1Cl. The first-order chi connectivity index (χ1) is 11.8. The fraction of sp³-hybridized carbons (Fsp3) is 0.188. The topological polar surface area (TPSA) is 81.5 Å². The van der Waals surface area contributed by atoms with Crippen molar-refractivity contribution in [1.82, 2.24) is 0 Å². The van der Waals surface area contributed by atoms with Crippen molar-refractivity contribution in [3.63, 3.8) is 0 Å². The van der Waals surface area contributed by atoms with E-state index < -0.39 is 10.2 Å². The highest BCUT2D eigenvalue weighted by atomic mass is 35.5. The van der Waals surface area contributed by atoms with E-state index in [0.717, 1.165) is 0 Å². The third-order valence-electron chi connectivity index (χ3n) is 3.22. The number of nitro benzene ring substituents is 1. The van der Waals surface area contributed by atoms with E-state index in [1.165, 1.54) is 37.1 Å². The lowest BCUT2D eigenvalue weighted by Gasteiger charge is -2.15. The van der Waals surface area contributed by atoms with E-state index in [1.807, 2.05) is 0 Å². The molecule has 1 amide bonds. The number of hydrogen-bond donors (Lipinski definition) is 1. The van der Waals surface area contributed by atoms with Crippen LogP contribution in [0.2, 0.25) is 10.0 Å². The van der Waals surface area contributed by atoms with Crippen molar-refractivity contribution in [3.8, 4) is 5.75 Å². The van der Waals surface area contributed by atoms with Crippen LogP contribution in [-0.2, 0) is 4.79 Å².